The summed E-state index contributed by atoms with van der Waals surface area (Å²) in [5.41, 5.74) is 7.97. The fraction of sp³-hybridized carbons (Fsp3) is 0.400. The summed E-state index contributed by atoms with van der Waals surface area (Å²) in [7, 11) is 0. The molecule has 1 atom stereocenters. The van der Waals surface area contributed by atoms with E-state index in [9.17, 15) is 10.2 Å². The predicted octanol–water partition coefficient (Wildman–Crippen LogP) is -2.08. The third kappa shape index (κ3) is 2.01. The van der Waals surface area contributed by atoms with Gasteiger partial charge in [-0.15, -0.1) is 0 Å². The monoisotopic (exact) mass is 258 g/mol. The molecular weight excluding hydrogens is 246 g/mol. The molecule has 4 N–H and O–H groups in total. The zero-order chi connectivity index (χ0) is 9.42. The molecule has 14 heavy (non-hydrogen) atoms. The van der Waals surface area contributed by atoms with Gasteiger partial charge in [0.15, 0.2) is 11.5 Å². The highest BCUT2D eigenvalue weighted by Crippen LogP contribution is 2.31. The quantitative estimate of drug-likeness (QED) is 0.468. The van der Waals surface area contributed by atoms with Gasteiger partial charge in [-0.05, 0) is 42.5 Å². The van der Waals surface area contributed by atoms with Gasteiger partial charge in [-0.1, -0.05) is 0 Å². The number of fused-ring (bicyclic) bond motifs is 1. The van der Waals surface area contributed by atoms with E-state index < -0.39 is 0 Å². The van der Waals surface area contributed by atoms with Gasteiger partial charge in [0, 0.05) is 6.04 Å². The molecule has 2 rings (SSSR count). The molecule has 0 aliphatic heterocycles. The van der Waals surface area contributed by atoms with E-state index in [-0.39, 0.29) is 34.5 Å². The Morgan fingerprint density at radius 3 is 2.36 bits per heavy atom. The highest BCUT2D eigenvalue weighted by molar-refractivity contribution is 5.46. The third-order valence-electron chi connectivity index (χ3n) is 2.56. The fourth-order valence-electron chi connectivity index (χ4n) is 1.81. The molecule has 1 aromatic carbocycles. The Labute approximate surface area is 93.3 Å². The largest absolute Gasteiger partial charge is 1.00 e. The van der Waals surface area contributed by atoms with E-state index >= 15 is 0 Å². The molecule has 1 aromatic rings. The van der Waals surface area contributed by atoms with Crippen LogP contribution in [0.3, 0.4) is 0 Å². The molecule has 0 aromatic heterocycles. The number of phenolic OH excluding ortho intramolecular Hbond substituents is 2. The second-order valence-electron chi connectivity index (χ2n) is 3.61. The van der Waals surface area contributed by atoms with Gasteiger partial charge in [-0.3, -0.25) is 0 Å². The maximum atomic E-state index is 9.27. The van der Waals surface area contributed by atoms with E-state index in [0.29, 0.717) is 0 Å². The Kier molecular flexibility index (Phi) is 3.39. The average Bonchev–Trinajstić information content (AvgIpc) is 2.08. The summed E-state index contributed by atoms with van der Waals surface area (Å²) < 4.78 is 0. The molecule has 0 heterocycles. The number of aryl methyl sites for hydroxylation is 1. The normalized spacial score (nSPS) is 19.6. The van der Waals surface area contributed by atoms with Crippen LogP contribution >= 0.6 is 0 Å². The predicted molar refractivity (Wildman–Crippen MR) is 49.8 cm³/mol. The second-order valence-corrected chi connectivity index (χ2v) is 3.61. The highest BCUT2D eigenvalue weighted by Gasteiger charge is 2.17. The van der Waals surface area contributed by atoms with Crippen molar-refractivity contribution in [2.75, 3.05) is 0 Å². The van der Waals surface area contributed by atoms with Crippen LogP contribution in [0.1, 0.15) is 17.5 Å². The molecule has 0 saturated heterocycles. The van der Waals surface area contributed by atoms with Crippen LogP contribution in [0.15, 0.2) is 12.1 Å². The number of hydrogen-bond acceptors (Lipinski definition) is 3. The lowest BCUT2D eigenvalue weighted by Gasteiger charge is -2.21. The zero-order valence-corrected chi connectivity index (χ0v) is 9.29. The first kappa shape index (κ1) is 11.3. The molecule has 0 radical (unpaired) electrons. The maximum absolute atomic E-state index is 9.27. The lowest BCUT2D eigenvalue weighted by molar-refractivity contribution is -0.00000465. The standard InChI is InChI=1S/C10H13NO2.BrH/c11-8-2-1-6-4-9(12)10(13)5-7(6)3-8;/h4-5,8,12-13H,1-3,11H2;1H/p-1. The van der Waals surface area contributed by atoms with E-state index in [2.05, 4.69) is 0 Å². The number of rotatable bonds is 0. The summed E-state index contributed by atoms with van der Waals surface area (Å²) in [6, 6.07) is 3.44. The summed E-state index contributed by atoms with van der Waals surface area (Å²) >= 11 is 0. The van der Waals surface area contributed by atoms with E-state index in [1.807, 2.05) is 0 Å². The molecule has 1 aliphatic carbocycles. The Bertz CT molecular complexity index is 341. The molecule has 3 nitrogen and oxygen atoms in total. The van der Waals surface area contributed by atoms with Gasteiger partial charge in [0.2, 0.25) is 0 Å². The summed E-state index contributed by atoms with van der Waals surface area (Å²) in [5.74, 6) is -0.0814. The van der Waals surface area contributed by atoms with Crippen molar-refractivity contribution in [3.8, 4) is 11.5 Å². The van der Waals surface area contributed by atoms with Crippen molar-refractivity contribution in [3.05, 3.63) is 23.3 Å². The average molecular weight is 259 g/mol. The molecule has 1 aliphatic rings. The van der Waals surface area contributed by atoms with Crippen molar-refractivity contribution in [3.63, 3.8) is 0 Å². The van der Waals surface area contributed by atoms with Gasteiger partial charge in [0.05, 0.1) is 0 Å². The number of phenols is 2. The van der Waals surface area contributed by atoms with Crippen LogP contribution in [0.25, 0.3) is 0 Å². The number of hydrogen-bond donors (Lipinski definition) is 3. The second kappa shape index (κ2) is 4.19. The minimum absolute atomic E-state index is 0. The van der Waals surface area contributed by atoms with Crippen LogP contribution in [0.5, 0.6) is 11.5 Å². The molecule has 0 bridgehead atoms. The van der Waals surface area contributed by atoms with Crippen LogP contribution in [0.4, 0.5) is 0 Å². The number of aromatic hydroxyl groups is 2. The SMILES string of the molecule is NC1CCc2cc(O)c(O)cc2C1.[Br-]. The molecule has 0 fully saturated rings. The lowest BCUT2D eigenvalue weighted by Crippen LogP contribution is -3.00. The van der Waals surface area contributed by atoms with E-state index in [1.165, 1.54) is 0 Å². The van der Waals surface area contributed by atoms with Crippen LogP contribution in [0, 0.1) is 0 Å². The summed E-state index contributed by atoms with van der Waals surface area (Å²) in [6.07, 6.45) is 2.64. The molecule has 0 saturated carbocycles. The zero-order valence-electron chi connectivity index (χ0n) is 7.70. The molecular formula is C10H13BrNO2-. The van der Waals surface area contributed by atoms with E-state index in [4.69, 9.17) is 5.73 Å². The van der Waals surface area contributed by atoms with Crippen molar-refractivity contribution in [2.45, 2.75) is 25.3 Å². The number of benzene rings is 1. The molecule has 78 valence electrons. The summed E-state index contributed by atoms with van der Waals surface area (Å²) in [5, 5.41) is 18.5. The van der Waals surface area contributed by atoms with E-state index in [0.717, 1.165) is 30.4 Å². The lowest BCUT2D eigenvalue weighted by atomic mass is 9.88. The molecule has 4 heteroatoms. The number of halogens is 1. The Balaban J connectivity index is 0.000000980. The van der Waals surface area contributed by atoms with Crippen LogP contribution in [0.2, 0.25) is 0 Å². The third-order valence-corrected chi connectivity index (χ3v) is 2.56. The fourth-order valence-corrected chi connectivity index (χ4v) is 1.81. The first-order valence-corrected chi connectivity index (χ1v) is 4.46. The van der Waals surface area contributed by atoms with Crippen molar-refractivity contribution < 1.29 is 27.2 Å². The molecule has 0 amide bonds. The van der Waals surface area contributed by atoms with Crippen molar-refractivity contribution in [1.82, 2.24) is 0 Å². The molecule has 0 spiro atoms. The Morgan fingerprint density at radius 1 is 1.14 bits per heavy atom. The van der Waals surface area contributed by atoms with Crippen molar-refractivity contribution in [2.24, 2.45) is 5.73 Å². The smallest absolute Gasteiger partial charge is 0.157 e. The van der Waals surface area contributed by atoms with Crippen molar-refractivity contribution in [1.29, 1.82) is 0 Å². The van der Waals surface area contributed by atoms with Crippen LogP contribution in [-0.4, -0.2) is 16.3 Å². The van der Waals surface area contributed by atoms with Crippen LogP contribution in [-0.2, 0) is 12.8 Å². The van der Waals surface area contributed by atoms with Gasteiger partial charge in [0.25, 0.3) is 0 Å². The first-order chi connectivity index (χ1) is 6.16. The minimum Gasteiger partial charge on any atom is -1.00 e. The summed E-state index contributed by atoms with van der Waals surface area (Å²) in [4.78, 5) is 0. The van der Waals surface area contributed by atoms with Gasteiger partial charge in [0.1, 0.15) is 0 Å². The Hall–Kier alpha value is -0.740. The molecule has 1 unspecified atom stereocenters. The van der Waals surface area contributed by atoms with Crippen LogP contribution < -0.4 is 22.7 Å². The van der Waals surface area contributed by atoms with Gasteiger partial charge >= 0.3 is 0 Å². The highest BCUT2D eigenvalue weighted by atomic mass is 79.9. The van der Waals surface area contributed by atoms with Gasteiger partial charge < -0.3 is 32.9 Å². The minimum atomic E-state index is -0.0483. The Morgan fingerprint density at radius 2 is 1.71 bits per heavy atom. The van der Waals surface area contributed by atoms with Crippen molar-refractivity contribution >= 4 is 0 Å². The van der Waals surface area contributed by atoms with Gasteiger partial charge in [-0.2, -0.15) is 0 Å². The summed E-state index contributed by atoms with van der Waals surface area (Å²) in [6.45, 7) is 0. The first-order valence-electron chi connectivity index (χ1n) is 4.46. The topological polar surface area (TPSA) is 66.5 Å². The van der Waals surface area contributed by atoms with E-state index in [1.54, 1.807) is 12.1 Å². The maximum Gasteiger partial charge on any atom is 0.157 e. The number of nitrogens with two attached hydrogens (primary N) is 1. The van der Waals surface area contributed by atoms with Gasteiger partial charge in [-0.25, -0.2) is 0 Å².